The third-order valence-electron chi connectivity index (χ3n) is 5.23. The van der Waals surface area contributed by atoms with Crippen LogP contribution in [0.4, 0.5) is 0 Å². The smallest absolute Gasteiger partial charge is 0.249 e. The van der Waals surface area contributed by atoms with Gasteiger partial charge in [-0.15, -0.1) is 0 Å². The zero-order valence-corrected chi connectivity index (χ0v) is 18.2. The van der Waals surface area contributed by atoms with Gasteiger partial charge in [-0.2, -0.15) is 9.40 Å². The monoisotopic (exact) mass is 431 g/mol. The number of hydrogen-bond donors (Lipinski definition) is 1. The number of rotatable bonds is 6. The number of nitrogens with zero attached hydrogens (tertiary/aromatic N) is 4. The van der Waals surface area contributed by atoms with Gasteiger partial charge in [-0.05, 0) is 39.7 Å². The molecule has 1 aliphatic heterocycles. The summed E-state index contributed by atoms with van der Waals surface area (Å²) in [6.07, 6.45) is 0.177. The summed E-state index contributed by atoms with van der Waals surface area (Å²) in [4.78, 5) is 4.48. The van der Waals surface area contributed by atoms with Gasteiger partial charge in [0.15, 0.2) is 11.6 Å². The first-order valence-electron chi connectivity index (χ1n) is 9.76. The molecule has 0 bridgehead atoms. The molecule has 1 fully saturated rings. The Morgan fingerprint density at radius 1 is 1.27 bits per heavy atom. The van der Waals surface area contributed by atoms with E-state index in [2.05, 4.69) is 26.4 Å². The van der Waals surface area contributed by atoms with E-state index >= 15 is 0 Å². The summed E-state index contributed by atoms with van der Waals surface area (Å²) in [5.41, 5.74) is 2.54. The molecule has 0 spiro atoms. The SMILES string of the molecule is Cc1cccc(CO[C@H]2C[C@@H](c3n[nH]c(C)n3)N(S(=O)(=O)c3c(C)noc3C)C2)c1. The van der Waals surface area contributed by atoms with Crippen molar-refractivity contribution < 1.29 is 17.7 Å². The van der Waals surface area contributed by atoms with Crippen molar-refractivity contribution in [1.29, 1.82) is 0 Å². The molecular formula is C20H25N5O4S. The van der Waals surface area contributed by atoms with Gasteiger partial charge < -0.3 is 9.26 Å². The maximum absolute atomic E-state index is 13.5. The largest absolute Gasteiger partial charge is 0.372 e. The maximum Gasteiger partial charge on any atom is 0.249 e. The van der Waals surface area contributed by atoms with Crippen LogP contribution in [-0.2, 0) is 21.4 Å². The number of ether oxygens (including phenoxy) is 1. The van der Waals surface area contributed by atoms with Crippen LogP contribution in [-0.4, -0.2) is 45.7 Å². The van der Waals surface area contributed by atoms with Crippen LogP contribution in [0.1, 0.15) is 46.7 Å². The normalized spacial score (nSPS) is 20.1. The zero-order valence-electron chi connectivity index (χ0n) is 17.4. The van der Waals surface area contributed by atoms with Crippen molar-refractivity contribution in [2.45, 2.75) is 57.8 Å². The average Bonchev–Trinajstić information content (AvgIpc) is 3.39. The molecule has 1 N–H and O–H groups in total. The predicted molar refractivity (Wildman–Crippen MR) is 108 cm³/mol. The van der Waals surface area contributed by atoms with Crippen LogP contribution in [0, 0.1) is 27.7 Å². The quantitative estimate of drug-likeness (QED) is 0.638. The van der Waals surface area contributed by atoms with Gasteiger partial charge in [-0.1, -0.05) is 35.0 Å². The lowest BCUT2D eigenvalue weighted by Gasteiger charge is -2.21. The van der Waals surface area contributed by atoms with E-state index in [1.807, 2.05) is 25.1 Å². The molecule has 2 atom stereocenters. The molecule has 1 saturated heterocycles. The number of aryl methyl sites for hydroxylation is 4. The second-order valence-electron chi connectivity index (χ2n) is 7.68. The molecule has 3 heterocycles. The first-order chi connectivity index (χ1) is 14.3. The van der Waals surface area contributed by atoms with E-state index < -0.39 is 16.1 Å². The van der Waals surface area contributed by atoms with Gasteiger partial charge in [-0.3, -0.25) is 5.10 Å². The fourth-order valence-electron chi connectivity index (χ4n) is 3.87. The molecule has 9 nitrogen and oxygen atoms in total. The Balaban J connectivity index is 1.61. The Labute approximate surface area is 175 Å². The molecule has 30 heavy (non-hydrogen) atoms. The molecule has 3 aromatic rings. The van der Waals surface area contributed by atoms with E-state index in [1.165, 1.54) is 4.31 Å². The highest BCUT2D eigenvalue weighted by Gasteiger charge is 2.45. The predicted octanol–water partition coefficient (Wildman–Crippen LogP) is 2.75. The second-order valence-corrected chi connectivity index (χ2v) is 9.51. The van der Waals surface area contributed by atoms with E-state index in [4.69, 9.17) is 9.26 Å². The maximum atomic E-state index is 13.5. The highest BCUT2D eigenvalue weighted by Crippen LogP contribution is 2.38. The van der Waals surface area contributed by atoms with E-state index in [-0.39, 0.29) is 23.3 Å². The van der Waals surface area contributed by atoms with Gasteiger partial charge in [0.1, 0.15) is 16.4 Å². The van der Waals surface area contributed by atoms with Crippen LogP contribution >= 0.6 is 0 Å². The molecule has 0 unspecified atom stereocenters. The molecule has 0 amide bonds. The van der Waals surface area contributed by atoms with Crippen molar-refractivity contribution in [2.24, 2.45) is 0 Å². The molecule has 1 aromatic carbocycles. The lowest BCUT2D eigenvalue weighted by atomic mass is 10.1. The summed E-state index contributed by atoms with van der Waals surface area (Å²) >= 11 is 0. The Morgan fingerprint density at radius 3 is 2.70 bits per heavy atom. The average molecular weight is 432 g/mol. The van der Waals surface area contributed by atoms with Crippen LogP contribution in [0.25, 0.3) is 0 Å². The minimum Gasteiger partial charge on any atom is -0.372 e. The van der Waals surface area contributed by atoms with Crippen LogP contribution < -0.4 is 0 Å². The fraction of sp³-hybridized carbons (Fsp3) is 0.450. The Morgan fingerprint density at radius 2 is 2.07 bits per heavy atom. The van der Waals surface area contributed by atoms with Crippen molar-refractivity contribution in [3.63, 3.8) is 0 Å². The third kappa shape index (κ3) is 3.90. The van der Waals surface area contributed by atoms with Crippen molar-refractivity contribution >= 4 is 10.0 Å². The summed E-state index contributed by atoms with van der Waals surface area (Å²) in [7, 11) is -3.86. The number of aromatic amines is 1. The van der Waals surface area contributed by atoms with Crippen molar-refractivity contribution in [2.75, 3.05) is 6.54 Å². The Hall–Kier alpha value is -2.56. The summed E-state index contributed by atoms with van der Waals surface area (Å²) in [5.74, 6) is 1.33. The van der Waals surface area contributed by atoms with E-state index in [0.29, 0.717) is 30.4 Å². The number of sulfonamides is 1. The van der Waals surface area contributed by atoms with Crippen LogP contribution in [0.15, 0.2) is 33.7 Å². The Kier molecular flexibility index (Phi) is 5.48. The van der Waals surface area contributed by atoms with Gasteiger partial charge in [0.05, 0.1) is 18.8 Å². The van der Waals surface area contributed by atoms with E-state index in [9.17, 15) is 8.42 Å². The highest BCUT2D eigenvalue weighted by atomic mass is 32.2. The van der Waals surface area contributed by atoms with Gasteiger partial charge in [-0.25, -0.2) is 13.4 Å². The van der Waals surface area contributed by atoms with E-state index in [1.54, 1.807) is 20.8 Å². The van der Waals surface area contributed by atoms with Gasteiger partial charge in [0.25, 0.3) is 0 Å². The minimum atomic E-state index is -3.86. The highest BCUT2D eigenvalue weighted by molar-refractivity contribution is 7.89. The molecule has 2 aromatic heterocycles. The molecule has 4 rings (SSSR count). The molecule has 0 radical (unpaired) electrons. The zero-order chi connectivity index (χ0) is 21.5. The molecule has 160 valence electrons. The standard InChI is InChI=1S/C20H25N5O4S/c1-12-6-5-7-16(8-12)11-28-17-9-18(20-21-15(4)22-23-20)25(10-17)30(26,27)19-13(2)24-29-14(19)3/h5-8,17-18H,9-11H2,1-4H3,(H,21,22,23)/t17-,18-/m0/s1. The van der Waals surface area contributed by atoms with Crippen molar-refractivity contribution in [1.82, 2.24) is 24.6 Å². The van der Waals surface area contributed by atoms with Crippen LogP contribution in [0.2, 0.25) is 0 Å². The summed E-state index contributed by atoms with van der Waals surface area (Å²) < 4.78 is 39.6. The van der Waals surface area contributed by atoms with Crippen molar-refractivity contribution in [3.8, 4) is 0 Å². The Bertz CT molecular complexity index is 1130. The summed E-state index contributed by atoms with van der Waals surface area (Å²) in [6.45, 7) is 7.64. The number of hydrogen-bond acceptors (Lipinski definition) is 7. The molecule has 1 aliphatic rings. The number of H-pyrrole nitrogens is 1. The molecular weight excluding hydrogens is 406 g/mol. The molecule has 0 saturated carbocycles. The topological polar surface area (TPSA) is 114 Å². The first kappa shape index (κ1) is 20.7. The summed E-state index contributed by atoms with van der Waals surface area (Å²) in [5, 5.41) is 10.8. The summed E-state index contributed by atoms with van der Waals surface area (Å²) in [6, 6.07) is 7.53. The lowest BCUT2D eigenvalue weighted by Crippen LogP contribution is -2.33. The molecule has 10 heteroatoms. The molecule has 0 aliphatic carbocycles. The van der Waals surface area contributed by atoms with Crippen LogP contribution in [0.3, 0.4) is 0 Å². The lowest BCUT2D eigenvalue weighted by molar-refractivity contribution is 0.0500. The number of benzene rings is 1. The van der Waals surface area contributed by atoms with Gasteiger partial charge >= 0.3 is 0 Å². The fourth-order valence-corrected chi connectivity index (χ4v) is 5.80. The first-order valence-corrected chi connectivity index (χ1v) is 11.2. The van der Waals surface area contributed by atoms with E-state index in [0.717, 1.165) is 11.1 Å². The third-order valence-corrected chi connectivity index (χ3v) is 7.35. The minimum absolute atomic E-state index is 0.0964. The second kappa shape index (κ2) is 7.93. The van der Waals surface area contributed by atoms with Gasteiger partial charge in [0, 0.05) is 6.54 Å². The van der Waals surface area contributed by atoms with Gasteiger partial charge in [0.2, 0.25) is 10.0 Å². The number of aromatic nitrogens is 4. The van der Waals surface area contributed by atoms with Crippen molar-refractivity contribution in [3.05, 3.63) is 58.5 Å². The van der Waals surface area contributed by atoms with Crippen LogP contribution in [0.5, 0.6) is 0 Å². The number of nitrogens with one attached hydrogen (secondary N) is 1.